The molecular weight excluding hydrogens is 435 g/mol. The van der Waals surface area contributed by atoms with Gasteiger partial charge in [-0.05, 0) is 50.8 Å². The summed E-state index contributed by atoms with van der Waals surface area (Å²) >= 11 is 0. The number of amides is 1. The molecule has 1 heterocycles. The molecule has 0 fully saturated rings. The van der Waals surface area contributed by atoms with Crippen molar-refractivity contribution in [1.82, 2.24) is 4.98 Å². The van der Waals surface area contributed by atoms with Crippen LogP contribution in [0.3, 0.4) is 0 Å². The first-order chi connectivity index (χ1) is 16.1. The van der Waals surface area contributed by atoms with E-state index in [1.54, 1.807) is 6.07 Å². The summed E-state index contributed by atoms with van der Waals surface area (Å²) in [4.78, 5) is 29.2. The molecule has 3 N–H and O–H groups in total. The minimum absolute atomic E-state index is 0.0356. The Hall–Kier alpha value is -3.32. The summed E-state index contributed by atoms with van der Waals surface area (Å²) in [5.74, 6) is -1.99. The molecule has 0 radical (unpaired) electrons. The van der Waals surface area contributed by atoms with Gasteiger partial charge in [-0.2, -0.15) is 0 Å². The number of benzene rings is 2. The van der Waals surface area contributed by atoms with Crippen molar-refractivity contribution in [2.24, 2.45) is 11.7 Å². The van der Waals surface area contributed by atoms with Crippen LogP contribution < -0.4 is 5.73 Å². The highest BCUT2D eigenvalue weighted by atomic mass is 19.1. The molecule has 2 aromatic carbocycles. The molecule has 0 aliphatic carbocycles. The van der Waals surface area contributed by atoms with Gasteiger partial charge in [-0.15, -0.1) is 0 Å². The standard InChI is InChI=1S/C27H31FN2O4/c1-27(2,28)13-12-20(25(29)32)16-23(31)24(14-18-8-4-3-5-9-18)34-26(33)21-15-19-10-6-7-11-22(19)30-17-21/h3-11,15,17,20,23-24,31H,12-14,16H2,1-2H3,(H2,29,32)/t20-,23+,24+/m1/s1. The van der Waals surface area contributed by atoms with E-state index < -0.39 is 35.7 Å². The van der Waals surface area contributed by atoms with Gasteiger partial charge in [0.15, 0.2) is 0 Å². The molecule has 6 nitrogen and oxygen atoms in total. The molecule has 1 aromatic heterocycles. The van der Waals surface area contributed by atoms with Gasteiger partial charge in [0.05, 0.1) is 17.2 Å². The highest BCUT2D eigenvalue weighted by Crippen LogP contribution is 2.25. The molecule has 3 rings (SSSR count). The zero-order valence-corrected chi connectivity index (χ0v) is 19.5. The minimum atomic E-state index is -1.46. The Morgan fingerprint density at radius 3 is 2.47 bits per heavy atom. The summed E-state index contributed by atoms with van der Waals surface area (Å²) in [6, 6.07) is 18.4. The fourth-order valence-electron chi connectivity index (χ4n) is 3.83. The van der Waals surface area contributed by atoms with E-state index in [0.717, 1.165) is 16.5 Å². The van der Waals surface area contributed by atoms with Crippen molar-refractivity contribution in [2.45, 2.75) is 57.4 Å². The third-order valence-corrected chi connectivity index (χ3v) is 5.81. The number of nitrogens with zero attached hydrogens (tertiary/aromatic N) is 1. The van der Waals surface area contributed by atoms with E-state index in [4.69, 9.17) is 10.5 Å². The highest BCUT2D eigenvalue weighted by Gasteiger charge is 2.30. The van der Waals surface area contributed by atoms with Crippen molar-refractivity contribution in [3.8, 4) is 0 Å². The fraction of sp³-hybridized carbons (Fsp3) is 0.370. The van der Waals surface area contributed by atoms with Crippen molar-refractivity contribution in [3.05, 3.63) is 78.0 Å². The molecule has 3 atom stereocenters. The van der Waals surface area contributed by atoms with E-state index in [0.29, 0.717) is 0 Å². The van der Waals surface area contributed by atoms with Crippen molar-refractivity contribution in [2.75, 3.05) is 0 Å². The van der Waals surface area contributed by atoms with Crippen LogP contribution in [-0.2, 0) is 16.0 Å². The van der Waals surface area contributed by atoms with Gasteiger partial charge < -0.3 is 15.6 Å². The number of aliphatic hydroxyl groups excluding tert-OH is 1. The first kappa shape index (κ1) is 25.3. The summed E-state index contributed by atoms with van der Waals surface area (Å²) in [5, 5.41) is 11.8. The quantitative estimate of drug-likeness (QED) is 0.408. The topological polar surface area (TPSA) is 103 Å². The van der Waals surface area contributed by atoms with Crippen LogP contribution in [-0.4, -0.2) is 39.8 Å². The Kier molecular flexibility index (Phi) is 8.34. The average molecular weight is 467 g/mol. The predicted molar refractivity (Wildman–Crippen MR) is 129 cm³/mol. The van der Waals surface area contributed by atoms with E-state index in [1.165, 1.54) is 20.0 Å². The lowest BCUT2D eigenvalue weighted by atomic mass is 9.88. The third-order valence-electron chi connectivity index (χ3n) is 5.81. The number of carbonyl (C=O) groups excluding carboxylic acids is 2. The number of para-hydroxylation sites is 1. The first-order valence-corrected chi connectivity index (χ1v) is 11.4. The van der Waals surface area contributed by atoms with Crippen LogP contribution in [0.15, 0.2) is 66.9 Å². The largest absolute Gasteiger partial charge is 0.456 e. The molecule has 0 saturated carbocycles. The molecule has 1 amide bonds. The van der Waals surface area contributed by atoms with Gasteiger partial charge in [0.1, 0.15) is 11.8 Å². The summed E-state index contributed by atoms with van der Waals surface area (Å²) < 4.78 is 19.7. The SMILES string of the molecule is CC(C)(F)CC[C@H](C[C@H](O)[C@H](Cc1ccccc1)OC(=O)c1cnc2ccccc2c1)C(N)=O. The molecule has 0 saturated heterocycles. The van der Waals surface area contributed by atoms with Gasteiger partial charge in [-0.3, -0.25) is 9.78 Å². The summed E-state index contributed by atoms with van der Waals surface area (Å²) in [7, 11) is 0. The Morgan fingerprint density at radius 1 is 1.12 bits per heavy atom. The van der Waals surface area contributed by atoms with Gasteiger partial charge in [-0.1, -0.05) is 48.5 Å². The van der Waals surface area contributed by atoms with Crippen molar-refractivity contribution >= 4 is 22.8 Å². The average Bonchev–Trinajstić information content (AvgIpc) is 2.80. The first-order valence-electron chi connectivity index (χ1n) is 11.4. The number of aromatic nitrogens is 1. The molecule has 0 spiro atoms. The normalized spacial score (nSPS) is 14.4. The number of primary amides is 1. The van der Waals surface area contributed by atoms with Crippen LogP contribution in [0.4, 0.5) is 4.39 Å². The molecule has 0 aliphatic heterocycles. The lowest BCUT2D eigenvalue weighted by Crippen LogP contribution is -2.38. The number of fused-ring (bicyclic) bond motifs is 1. The number of aliphatic hydroxyl groups is 1. The summed E-state index contributed by atoms with van der Waals surface area (Å²) in [5.41, 5.74) is 5.93. The predicted octanol–water partition coefficient (Wildman–Crippen LogP) is 4.38. The highest BCUT2D eigenvalue weighted by molar-refractivity contribution is 5.93. The Labute approximate surface area is 199 Å². The number of nitrogens with two attached hydrogens (primary N) is 1. The number of rotatable bonds is 11. The van der Waals surface area contributed by atoms with Crippen LogP contribution in [0.5, 0.6) is 0 Å². The van der Waals surface area contributed by atoms with E-state index in [2.05, 4.69) is 4.98 Å². The molecule has 180 valence electrons. The van der Waals surface area contributed by atoms with Gasteiger partial charge in [0.2, 0.25) is 5.91 Å². The number of alkyl halides is 1. The maximum absolute atomic E-state index is 14.0. The molecule has 0 bridgehead atoms. The van der Waals surface area contributed by atoms with E-state index in [9.17, 15) is 19.1 Å². The van der Waals surface area contributed by atoms with Crippen LogP contribution in [0, 0.1) is 5.92 Å². The second-order valence-corrected chi connectivity index (χ2v) is 9.21. The Bertz CT molecular complexity index is 1110. The van der Waals surface area contributed by atoms with E-state index in [-0.39, 0.29) is 31.2 Å². The zero-order chi connectivity index (χ0) is 24.7. The number of halogens is 1. The van der Waals surface area contributed by atoms with Gasteiger partial charge in [0.25, 0.3) is 0 Å². The number of ether oxygens (including phenoxy) is 1. The number of hydrogen-bond donors (Lipinski definition) is 2. The van der Waals surface area contributed by atoms with Crippen LogP contribution in [0.2, 0.25) is 0 Å². The van der Waals surface area contributed by atoms with E-state index in [1.807, 2.05) is 54.6 Å². The van der Waals surface area contributed by atoms with Crippen LogP contribution >= 0.6 is 0 Å². The number of hydrogen-bond acceptors (Lipinski definition) is 5. The van der Waals surface area contributed by atoms with Crippen molar-refractivity contribution < 1.29 is 23.8 Å². The lowest BCUT2D eigenvalue weighted by molar-refractivity contribution is -0.124. The molecular formula is C27H31FN2O4. The maximum atomic E-state index is 14.0. The van der Waals surface area contributed by atoms with E-state index >= 15 is 0 Å². The van der Waals surface area contributed by atoms with Gasteiger partial charge in [0, 0.05) is 23.9 Å². The number of carbonyl (C=O) groups is 2. The molecule has 0 unspecified atom stereocenters. The monoisotopic (exact) mass is 466 g/mol. The molecule has 34 heavy (non-hydrogen) atoms. The van der Waals surface area contributed by atoms with Crippen molar-refractivity contribution in [3.63, 3.8) is 0 Å². The molecule has 0 aliphatic rings. The second kappa shape index (κ2) is 11.2. The van der Waals surface area contributed by atoms with Gasteiger partial charge >= 0.3 is 5.97 Å². The zero-order valence-electron chi connectivity index (χ0n) is 19.5. The Balaban J connectivity index is 1.78. The number of esters is 1. The molecule has 7 heteroatoms. The maximum Gasteiger partial charge on any atom is 0.340 e. The fourth-order valence-corrected chi connectivity index (χ4v) is 3.83. The smallest absolute Gasteiger partial charge is 0.340 e. The van der Waals surface area contributed by atoms with Crippen LogP contribution in [0.25, 0.3) is 10.9 Å². The minimum Gasteiger partial charge on any atom is -0.456 e. The van der Waals surface area contributed by atoms with Gasteiger partial charge in [-0.25, -0.2) is 9.18 Å². The van der Waals surface area contributed by atoms with Crippen molar-refractivity contribution in [1.29, 1.82) is 0 Å². The Morgan fingerprint density at radius 2 is 1.79 bits per heavy atom. The lowest BCUT2D eigenvalue weighted by Gasteiger charge is -2.27. The summed E-state index contributed by atoms with van der Waals surface area (Å²) in [6.45, 7) is 2.86. The second-order valence-electron chi connectivity index (χ2n) is 9.21. The molecule has 3 aromatic rings. The summed E-state index contributed by atoms with van der Waals surface area (Å²) in [6.07, 6.45) is -0.137. The number of pyridine rings is 1. The third kappa shape index (κ3) is 7.35. The van der Waals surface area contributed by atoms with Crippen LogP contribution in [0.1, 0.15) is 49.0 Å².